The first-order chi connectivity index (χ1) is 10.5. The van der Waals surface area contributed by atoms with Crippen molar-refractivity contribution in [2.24, 2.45) is 5.92 Å². The maximum atomic E-state index is 9.66. The van der Waals surface area contributed by atoms with Gasteiger partial charge in [-0.25, -0.2) is 9.97 Å². The van der Waals surface area contributed by atoms with Crippen LogP contribution in [0.25, 0.3) is 11.0 Å². The molecule has 0 unspecified atom stereocenters. The summed E-state index contributed by atoms with van der Waals surface area (Å²) >= 11 is 6.13. The summed E-state index contributed by atoms with van der Waals surface area (Å²) in [6.45, 7) is 3.90. The second-order valence-corrected chi connectivity index (χ2v) is 6.79. The van der Waals surface area contributed by atoms with E-state index >= 15 is 0 Å². The summed E-state index contributed by atoms with van der Waals surface area (Å²) in [5.41, 5.74) is 0.788. The minimum Gasteiger partial charge on any atom is -0.396 e. The Labute approximate surface area is 133 Å². The Morgan fingerprint density at radius 3 is 2.91 bits per heavy atom. The normalized spacial score (nSPS) is 33.5. The largest absolute Gasteiger partial charge is 0.396 e. The predicted octanol–water partition coefficient (Wildman–Crippen LogP) is 2.16. The van der Waals surface area contributed by atoms with Gasteiger partial charge in [-0.05, 0) is 26.3 Å². The van der Waals surface area contributed by atoms with Crippen molar-refractivity contribution in [2.45, 2.75) is 44.3 Å². The van der Waals surface area contributed by atoms with E-state index in [0.29, 0.717) is 5.15 Å². The first kappa shape index (κ1) is 14.4. The minimum atomic E-state index is -0.628. The fourth-order valence-electron chi connectivity index (χ4n) is 3.72. The standard InChI is InChI=1S/C15H18ClN3O3/c1-15(2)21-11-8(6-20)5-10(12(11)22-15)19-4-3-9-13(16)17-7-18-14(9)19/h3-4,7-8,10-12,20H,5-6H2,1-2H3/t8-,10-,11-,12+/m1/s1. The van der Waals surface area contributed by atoms with Gasteiger partial charge in [-0.2, -0.15) is 0 Å². The van der Waals surface area contributed by atoms with Gasteiger partial charge in [0.1, 0.15) is 23.2 Å². The number of aliphatic hydroxyl groups excluding tert-OH is 1. The predicted molar refractivity (Wildman–Crippen MR) is 80.6 cm³/mol. The Balaban J connectivity index is 1.77. The third kappa shape index (κ3) is 2.06. The summed E-state index contributed by atoms with van der Waals surface area (Å²) in [4.78, 5) is 8.37. The van der Waals surface area contributed by atoms with Crippen molar-refractivity contribution in [1.29, 1.82) is 0 Å². The minimum absolute atomic E-state index is 0.0616. The van der Waals surface area contributed by atoms with E-state index in [1.807, 2.05) is 26.1 Å². The van der Waals surface area contributed by atoms with Crippen LogP contribution in [0.5, 0.6) is 0 Å². The van der Waals surface area contributed by atoms with E-state index < -0.39 is 5.79 Å². The zero-order valence-electron chi connectivity index (χ0n) is 12.4. The van der Waals surface area contributed by atoms with E-state index in [9.17, 15) is 5.11 Å². The lowest BCUT2D eigenvalue weighted by Gasteiger charge is -2.24. The molecule has 1 saturated heterocycles. The Bertz CT molecular complexity index is 717. The Kier molecular flexibility index (Phi) is 3.20. The van der Waals surface area contributed by atoms with Gasteiger partial charge in [0, 0.05) is 18.7 Å². The molecule has 0 aromatic carbocycles. The topological polar surface area (TPSA) is 69.4 Å². The Hall–Kier alpha value is -1.21. The third-order valence-corrected chi connectivity index (χ3v) is 4.91. The smallest absolute Gasteiger partial charge is 0.163 e. The molecule has 2 aliphatic rings. The second-order valence-electron chi connectivity index (χ2n) is 6.44. The van der Waals surface area contributed by atoms with Crippen LogP contribution in [0.15, 0.2) is 18.6 Å². The molecule has 2 aromatic heterocycles. The van der Waals surface area contributed by atoms with Crippen LogP contribution in [0.3, 0.4) is 0 Å². The number of hydrogen-bond donors (Lipinski definition) is 1. The second kappa shape index (κ2) is 4.89. The van der Waals surface area contributed by atoms with Crippen LogP contribution < -0.4 is 0 Å². The number of ether oxygens (including phenoxy) is 2. The molecular formula is C15H18ClN3O3. The van der Waals surface area contributed by atoms with Crippen LogP contribution in [0.2, 0.25) is 5.15 Å². The van der Waals surface area contributed by atoms with E-state index in [1.54, 1.807) is 0 Å². The molecular weight excluding hydrogens is 306 g/mol. The lowest BCUT2D eigenvalue weighted by molar-refractivity contribution is -0.161. The molecule has 6 nitrogen and oxygen atoms in total. The lowest BCUT2D eigenvalue weighted by Crippen LogP contribution is -2.27. The number of nitrogens with zero attached hydrogens (tertiary/aromatic N) is 3. The molecule has 1 saturated carbocycles. The van der Waals surface area contributed by atoms with Crippen molar-refractivity contribution in [1.82, 2.24) is 14.5 Å². The molecule has 2 fully saturated rings. The molecule has 1 aliphatic carbocycles. The summed E-state index contributed by atoms with van der Waals surface area (Å²) in [7, 11) is 0. The first-order valence-electron chi connectivity index (χ1n) is 7.44. The quantitative estimate of drug-likeness (QED) is 0.858. The number of aliphatic hydroxyl groups is 1. The molecule has 0 amide bonds. The van der Waals surface area contributed by atoms with Crippen LogP contribution in [0.1, 0.15) is 26.3 Å². The molecule has 1 N–H and O–H groups in total. The first-order valence-corrected chi connectivity index (χ1v) is 7.81. The van der Waals surface area contributed by atoms with Crippen molar-refractivity contribution >= 4 is 22.6 Å². The zero-order valence-corrected chi connectivity index (χ0v) is 13.2. The Morgan fingerprint density at radius 1 is 1.36 bits per heavy atom. The molecule has 0 bridgehead atoms. The van der Waals surface area contributed by atoms with Crippen molar-refractivity contribution in [3.8, 4) is 0 Å². The van der Waals surface area contributed by atoms with E-state index in [0.717, 1.165) is 17.5 Å². The summed E-state index contributed by atoms with van der Waals surface area (Å²) in [5.74, 6) is -0.566. The maximum absolute atomic E-state index is 9.66. The highest BCUT2D eigenvalue weighted by Gasteiger charge is 2.54. The summed E-state index contributed by atoms with van der Waals surface area (Å²) in [6.07, 6.45) is 4.01. The van der Waals surface area contributed by atoms with Gasteiger partial charge in [0.05, 0.1) is 17.5 Å². The molecule has 118 valence electrons. The van der Waals surface area contributed by atoms with Crippen LogP contribution in [0.4, 0.5) is 0 Å². The van der Waals surface area contributed by atoms with Crippen LogP contribution in [0, 0.1) is 5.92 Å². The van der Waals surface area contributed by atoms with E-state index in [1.165, 1.54) is 6.33 Å². The highest BCUT2D eigenvalue weighted by molar-refractivity contribution is 6.33. The van der Waals surface area contributed by atoms with E-state index in [-0.39, 0.29) is 30.8 Å². The average molecular weight is 324 g/mol. The van der Waals surface area contributed by atoms with Gasteiger partial charge >= 0.3 is 0 Å². The zero-order chi connectivity index (χ0) is 15.5. The summed E-state index contributed by atoms with van der Waals surface area (Å²) < 4.78 is 14.1. The molecule has 7 heteroatoms. The van der Waals surface area contributed by atoms with Gasteiger partial charge in [-0.1, -0.05) is 11.6 Å². The van der Waals surface area contributed by atoms with E-state index in [2.05, 4.69) is 14.5 Å². The van der Waals surface area contributed by atoms with Crippen LogP contribution >= 0.6 is 11.6 Å². The van der Waals surface area contributed by atoms with Crippen LogP contribution in [-0.2, 0) is 9.47 Å². The molecule has 4 rings (SSSR count). The van der Waals surface area contributed by atoms with Gasteiger partial charge in [0.2, 0.25) is 0 Å². The van der Waals surface area contributed by atoms with Gasteiger partial charge < -0.3 is 19.1 Å². The molecule has 0 radical (unpaired) electrons. The summed E-state index contributed by atoms with van der Waals surface area (Å²) in [6, 6.07) is 1.98. The van der Waals surface area contributed by atoms with E-state index in [4.69, 9.17) is 21.1 Å². The maximum Gasteiger partial charge on any atom is 0.163 e. The molecule has 22 heavy (non-hydrogen) atoms. The number of hydrogen-bond acceptors (Lipinski definition) is 5. The van der Waals surface area contributed by atoms with Gasteiger partial charge in [0.25, 0.3) is 0 Å². The summed E-state index contributed by atoms with van der Waals surface area (Å²) in [5, 5.41) is 10.9. The monoisotopic (exact) mass is 323 g/mol. The molecule has 4 atom stereocenters. The number of fused-ring (bicyclic) bond motifs is 2. The van der Waals surface area contributed by atoms with Crippen molar-refractivity contribution in [3.05, 3.63) is 23.7 Å². The van der Waals surface area contributed by atoms with Crippen molar-refractivity contribution in [2.75, 3.05) is 6.61 Å². The highest BCUT2D eigenvalue weighted by Crippen LogP contribution is 2.47. The molecule has 0 spiro atoms. The van der Waals surface area contributed by atoms with Crippen molar-refractivity contribution < 1.29 is 14.6 Å². The van der Waals surface area contributed by atoms with Crippen molar-refractivity contribution in [3.63, 3.8) is 0 Å². The fourth-order valence-corrected chi connectivity index (χ4v) is 3.91. The van der Waals surface area contributed by atoms with Crippen LogP contribution in [-0.4, -0.2) is 44.2 Å². The number of halogens is 1. The highest BCUT2D eigenvalue weighted by atomic mass is 35.5. The molecule has 1 aliphatic heterocycles. The van der Waals surface area contributed by atoms with Gasteiger partial charge in [-0.15, -0.1) is 0 Å². The molecule has 2 aromatic rings. The third-order valence-electron chi connectivity index (χ3n) is 4.60. The number of rotatable bonds is 2. The van der Waals surface area contributed by atoms with Gasteiger partial charge in [-0.3, -0.25) is 0 Å². The Morgan fingerprint density at radius 2 is 2.14 bits per heavy atom. The lowest BCUT2D eigenvalue weighted by atomic mass is 10.1. The number of aromatic nitrogens is 3. The fraction of sp³-hybridized carbons (Fsp3) is 0.600. The average Bonchev–Trinajstić information content (AvgIpc) is 3.10. The SMILES string of the molecule is CC1(C)O[C@@H]2[C@@H](CO)C[C@@H](n3ccc4c(Cl)ncnc43)[C@@H]2O1. The molecule has 3 heterocycles. The van der Waals surface area contributed by atoms with Gasteiger partial charge in [0.15, 0.2) is 5.79 Å².